The molecule has 0 N–H and O–H groups in total. The first-order valence-electron chi connectivity index (χ1n) is 25.6. The highest BCUT2D eigenvalue weighted by Gasteiger charge is 2.38. The Bertz CT molecular complexity index is 3790. The Morgan fingerprint density at radius 1 is 0.356 bits per heavy atom. The van der Waals surface area contributed by atoms with Crippen LogP contribution < -0.4 is 9.80 Å². The van der Waals surface area contributed by atoms with Gasteiger partial charge in [0, 0.05) is 39.2 Å². The Hall–Kier alpha value is -8.98. The van der Waals surface area contributed by atoms with Gasteiger partial charge in [0.05, 0.1) is 5.69 Å². The number of fused-ring (bicyclic) bond motifs is 5. The number of rotatable bonds is 10. The molecule has 0 aliphatic heterocycles. The maximum Gasteiger partial charge on any atom is 0.0546 e. The summed E-state index contributed by atoms with van der Waals surface area (Å²) in [7, 11) is 0. The number of hydrogen-bond donors (Lipinski definition) is 0. The van der Waals surface area contributed by atoms with Gasteiger partial charge in [0.25, 0.3) is 0 Å². The Labute approximate surface area is 429 Å². The van der Waals surface area contributed by atoms with Crippen molar-refractivity contribution in [2.75, 3.05) is 9.80 Å². The first-order chi connectivity index (χ1) is 36.0. The fourth-order valence-corrected chi connectivity index (χ4v) is 11.7. The number of allylic oxidation sites excluding steroid dienone is 4. The van der Waals surface area contributed by atoms with Crippen molar-refractivity contribution in [2.45, 2.75) is 32.1 Å². The molecule has 2 heteroatoms. The molecule has 11 aromatic carbocycles. The molecule has 348 valence electrons. The number of benzene rings is 11. The van der Waals surface area contributed by atoms with Crippen LogP contribution in [0.1, 0.15) is 37.8 Å². The second-order valence-corrected chi connectivity index (χ2v) is 20.0. The van der Waals surface area contributed by atoms with E-state index in [1.807, 2.05) is 0 Å². The topological polar surface area (TPSA) is 6.48 Å². The number of anilines is 6. The van der Waals surface area contributed by atoms with E-state index in [2.05, 4.69) is 291 Å². The number of hydrogen-bond acceptors (Lipinski definition) is 2. The quantitative estimate of drug-likeness (QED) is 0.126. The van der Waals surface area contributed by atoms with E-state index in [0.717, 1.165) is 52.5 Å². The Balaban J connectivity index is 0.941. The highest BCUT2D eigenvalue weighted by molar-refractivity contribution is 6.19. The van der Waals surface area contributed by atoms with Crippen molar-refractivity contribution in [1.82, 2.24) is 0 Å². The van der Waals surface area contributed by atoms with Crippen LogP contribution in [-0.2, 0) is 5.41 Å². The molecule has 2 nitrogen and oxygen atoms in total. The van der Waals surface area contributed by atoms with Gasteiger partial charge in [0.15, 0.2) is 0 Å². The lowest BCUT2D eigenvalue weighted by Crippen LogP contribution is -2.19. The summed E-state index contributed by atoms with van der Waals surface area (Å²) in [6, 6.07) is 93.5. The summed E-state index contributed by atoms with van der Waals surface area (Å²) in [6.45, 7) is 4.84. The van der Waals surface area contributed by atoms with Gasteiger partial charge in [-0.25, -0.2) is 0 Å². The second-order valence-electron chi connectivity index (χ2n) is 20.0. The highest BCUT2D eigenvalue weighted by Crippen LogP contribution is 2.53. The average molecular weight is 935 g/mol. The van der Waals surface area contributed by atoms with Gasteiger partial charge in [-0.2, -0.15) is 0 Å². The van der Waals surface area contributed by atoms with Gasteiger partial charge >= 0.3 is 0 Å². The summed E-state index contributed by atoms with van der Waals surface area (Å²) < 4.78 is 0. The van der Waals surface area contributed by atoms with E-state index in [0.29, 0.717) is 0 Å². The Morgan fingerprint density at radius 3 is 1.36 bits per heavy atom. The molecule has 0 radical (unpaired) electrons. The van der Waals surface area contributed by atoms with E-state index in [-0.39, 0.29) is 5.41 Å². The molecule has 73 heavy (non-hydrogen) atoms. The average Bonchev–Trinajstić information content (AvgIpc) is 3.69. The number of nitrogens with zero attached hydrogens (tertiary/aromatic N) is 2. The zero-order chi connectivity index (χ0) is 48.9. The summed E-state index contributed by atoms with van der Waals surface area (Å²) in [5.41, 5.74) is 21.9. The molecule has 2 aliphatic carbocycles. The van der Waals surface area contributed by atoms with E-state index in [9.17, 15) is 0 Å². The third kappa shape index (κ3) is 7.93. The van der Waals surface area contributed by atoms with Gasteiger partial charge in [-0.05, 0) is 157 Å². The van der Waals surface area contributed by atoms with Crippen molar-refractivity contribution >= 4 is 61.2 Å². The highest BCUT2D eigenvalue weighted by atomic mass is 15.1. The van der Waals surface area contributed by atoms with Gasteiger partial charge in [0.2, 0.25) is 0 Å². The maximum absolute atomic E-state index is 2.50. The lowest BCUT2D eigenvalue weighted by Gasteiger charge is -2.30. The standard InChI is InChI=1S/C71H54N2/c1-71(2)67-25-15-14-24-64(67)65-45-43-61(48-68(65)71)73(60-39-30-54(31-40-60)51-20-10-5-11-21-51)69-47-46-62(66-44-34-55-22-12-13-23-63(55)70(66)69)56-32-41-59(42-33-56)72(57-35-26-52(27-36-57)49-16-6-3-7-17-49)58-37-28-53(29-38-58)50-18-8-4-9-19-50/h3-14,16-24,26-48H,15,25H2,1-2H3. The van der Waals surface area contributed by atoms with E-state index in [4.69, 9.17) is 0 Å². The zero-order valence-electron chi connectivity index (χ0n) is 41.2. The monoisotopic (exact) mass is 934 g/mol. The van der Waals surface area contributed by atoms with Crippen molar-refractivity contribution in [3.05, 3.63) is 284 Å². The lowest BCUT2D eigenvalue weighted by molar-refractivity contribution is 0.607. The summed E-state index contributed by atoms with van der Waals surface area (Å²) in [4.78, 5) is 4.87. The van der Waals surface area contributed by atoms with E-state index in [1.165, 1.54) is 77.2 Å². The van der Waals surface area contributed by atoms with Crippen LogP contribution in [0.15, 0.2) is 273 Å². The minimum atomic E-state index is -0.0636. The molecular formula is C71H54N2. The molecule has 0 amide bonds. The molecule has 11 aromatic rings. The predicted molar refractivity (Wildman–Crippen MR) is 311 cm³/mol. The SMILES string of the molecule is CC1(C)C2=C(C=CCC2)c2ccc(N(c3ccc(-c4ccccc4)cc3)c3ccc(-c4ccc(N(c5ccc(-c6ccccc6)cc5)c5ccc(-c6ccccc6)cc5)cc4)c4ccc5ccccc5c34)cc21. The second kappa shape index (κ2) is 18.3. The molecule has 0 saturated heterocycles. The van der Waals surface area contributed by atoms with Gasteiger partial charge in [-0.3, -0.25) is 0 Å². The van der Waals surface area contributed by atoms with Crippen LogP contribution in [0.5, 0.6) is 0 Å². The molecule has 2 aliphatic rings. The molecule has 0 heterocycles. The summed E-state index contributed by atoms with van der Waals surface area (Å²) in [5, 5.41) is 4.88. The molecule has 0 fully saturated rings. The van der Waals surface area contributed by atoms with E-state index >= 15 is 0 Å². The summed E-state index contributed by atoms with van der Waals surface area (Å²) in [6.07, 6.45) is 6.91. The molecule has 0 unspecified atom stereocenters. The fraction of sp³-hybridized carbons (Fsp3) is 0.0704. The van der Waals surface area contributed by atoms with Crippen molar-refractivity contribution in [2.24, 2.45) is 0 Å². The molecule has 0 aromatic heterocycles. The Kier molecular flexibility index (Phi) is 11.0. The van der Waals surface area contributed by atoms with E-state index < -0.39 is 0 Å². The third-order valence-electron chi connectivity index (χ3n) is 15.4. The van der Waals surface area contributed by atoms with Crippen LogP contribution in [0.4, 0.5) is 34.1 Å². The van der Waals surface area contributed by atoms with Crippen LogP contribution in [0.2, 0.25) is 0 Å². The fourth-order valence-electron chi connectivity index (χ4n) is 11.7. The molecular weight excluding hydrogens is 881 g/mol. The molecule has 0 bridgehead atoms. The van der Waals surface area contributed by atoms with Gasteiger partial charge in [-0.1, -0.05) is 220 Å². The smallest absolute Gasteiger partial charge is 0.0546 e. The van der Waals surface area contributed by atoms with Gasteiger partial charge < -0.3 is 9.80 Å². The molecule has 0 spiro atoms. The lowest BCUT2D eigenvalue weighted by atomic mass is 9.78. The van der Waals surface area contributed by atoms with Crippen LogP contribution in [0.3, 0.4) is 0 Å². The minimum Gasteiger partial charge on any atom is -0.311 e. The van der Waals surface area contributed by atoms with Gasteiger partial charge in [0.1, 0.15) is 0 Å². The van der Waals surface area contributed by atoms with E-state index in [1.54, 1.807) is 5.57 Å². The molecule has 0 saturated carbocycles. The van der Waals surface area contributed by atoms with Crippen LogP contribution in [0, 0.1) is 0 Å². The third-order valence-corrected chi connectivity index (χ3v) is 15.4. The molecule has 0 atom stereocenters. The first-order valence-corrected chi connectivity index (χ1v) is 25.6. The maximum atomic E-state index is 2.50. The summed E-state index contributed by atoms with van der Waals surface area (Å²) >= 11 is 0. The Morgan fingerprint density at radius 2 is 0.808 bits per heavy atom. The van der Waals surface area contributed by atoms with Crippen molar-refractivity contribution in [1.29, 1.82) is 0 Å². The summed E-state index contributed by atoms with van der Waals surface area (Å²) in [5.74, 6) is 0. The van der Waals surface area contributed by atoms with Crippen molar-refractivity contribution < 1.29 is 0 Å². The van der Waals surface area contributed by atoms with Crippen LogP contribution >= 0.6 is 0 Å². The van der Waals surface area contributed by atoms with Crippen LogP contribution in [-0.4, -0.2) is 0 Å². The van der Waals surface area contributed by atoms with Gasteiger partial charge in [-0.15, -0.1) is 0 Å². The largest absolute Gasteiger partial charge is 0.311 e. The predicted octanol–water partition coefficient (Wildman–Crippen LogP) is 20.0. The van der Waals surface area contributed by atoms with Crippen LogP contribution in [0.25, 0.3) is 71.6 Å². The minimum absolute atomic E-state index is 0.0636. The van der Waals surface area contributed by atoms with Crippen molar-refractivity contribution in [3.8, 4) is 44.5 Å². The molecule has 13 rings (SSSR count). The first kappa shape index (κ1) is 44.0. The normalized spacial score (nSPS) is 13.5. The van der Waals surface area contributed by atoms with Crippen molar-refractivity contribution in [3.63, 3.8) is 0 Å². The zero-order valence-corrected chi connectivity index (χ0v) is 41.2.